The van der Waals surface area contributed by atoms with E-state index < -0.39 is 5.97 Å². The summed E-state index contributed by atoms with van der Waals surface area (Å²) in [4.78, 5) is 11.1. The van der Waals surface area contributed by atoms with Crippen molar-refractivity contribution in [3.8, 4) is 5.75 Å². The summed E-state index contributed by atoms with van der Waals surface area (Å²) < 4.78 is 10.7. The Morgan fingerprint density at radius 2 is 2.00 bits per heavy atom. The van der Waals surface area contributed by atoms with E-state index in [0.29, 0.717) is 24.9 Å². The Morgan fingerprint density at radius 1 is 1.32 bits per heavy atom. The number of carboxylic acid groups (broad SMARTS) is 1. The first-order valence-corrected chi connectivity index (χ1v) is 6.60. The molecule has 19 heavy (non-hydrogen) atoms. The number of hydrogen-bond donors (Lipinski definition) is 1. The van der Waals surface area contributed by atoms with Crippen molar-refractivity contribution in [3.63, 3.8) is 0 Å². The van der Waals surface area contributed by atoms with E-state index in [2.05, 4.69) is 13.8 Å². The zero-order chi connectivity index (χ0) is 14.3. The van der Waals surface area contributed by atoms with E-state index in [4.69, 9.17) is 14.6 Å². The van der Waals surface area contributed by atoms with Crippen molar-refractivity contribution in [1.29, 1.82) is 0 Å². The molecule has 0 spiro atoms. The monoisotopic (exact) mass is 266 g/mol. The number of ether oxygens (including phenoxy) is 2. The number of hydrogen-bond acceptors (Lipinski definition) is 3. The van der Waals surface area contributed by atoms with Crippen molar-refractivity contribution in [2.75, 3.05) is 13.7 Å². The molecule has 0 aliphatic heterocycles. The zero-order valence-electron chi connectivity index (χ0n) is 11.8. The number of benzene rings is 1. The topological polar surface area (TPSA) is 55.8 Å². The van der Waals surface area contributed by atoms with Crippen molar-refractivity contribution < 1.29 is 19.4 Å². The first-order chi connectivity index (χ1) is 9.12. The molecule has 0 unspecified atom stereocenters. The van der Waals surface area contributed by atoms with E-state index in [1.807, 2.05) is 6.07 Å². The minimum absolute atomic E-state index is 0.172. The van der Waals surface area contributed by atoms with Crippen LogP contribution in [0.3, 0.4) is 0 Å². The molecule has 0 radical (unpaired) electrons. The molecule has 106 valence electrons. The Kier molecular flexibility index (Phi) is 6.36. The summed E-state index contributed by atoms with van der Waals surface area (Å²) >= 11 is 0. The molecule has 0 saturated heterocycles. The second kappa shape index (κ2) is 7.79. The lowest BCUT2D eigenvalue weighted by atomic mass is 10.1. The predicted molar refractivity (Wildman–Crippen MR) is 73.7 cm³/mol. The molecule has 0 aromatic heterocycles. The van der Waals surface area contributed by atoms with E-state index in [1.54, 1.807) is 12.1 Å². The van der Waals surface area contributed by atoms with Crippen molar-refractivity contribution in [1.82, 2.24) is 0 Å². The minimum atomic E-state index is -0.987. The average Bonchev–Trinajstić information content (AvgIpc) is 2.43. The fourth-order valence-corrected chi connectivity index (χ4v) is 1.88. The highest BCUT2D eigenvalue weighted by Gasteiger charge is 2.12. The van der Waals surface area contributed by atoms with Crippen LogP contribution in [0.1, 0.15) is 42.6 Å². The van der Waals surface area contributed by atoms with Gasteiger partial charge < -0.3 is 14.6 Å². The van der Waals surface area contributed by atoms with E-state index >= 15 is 0 Å². The molecule has 1 aromatic carbocycles. The van der Waals surface area contributed by atoms with Crippen LogP contribution >= 0.6 is 0 Å². The highest BCUT2D eigenvalue weighted by atomic mass is 16.5. The van der Waals surface area contributed by atoms with Gasteiger partial charge in [0.1, 0.15) is 11.3 Å². The van der Waals surface area contributed by atoms with E-state index in [0.717, 1.165) is 18.4 Å². The molecular weight excluding hydrogens is 244 g/mol. The van der Waals surface area contributed by atoms with Gasteiger partial charge in [0.25, 0.3) is 0 Å². The van der Waals surface area contributed by atoms with Crippen LogP contribution in [0.4, 0.5) is 0 Å². The highest BCUT2D eigenvalue weighted by molar-refractivity contribution is 5.91. The van der Waals surface area contributed by atoms with Gasteiger partial charge in [-0.15, -0.1) is 0 Å². The third-order valence-electron chi connectivity index (χ3n) is 3.27. The molecule has 0 atom stereocenters. The average molecular weight is 266 g/mol. The molecule has 1 aromatic rings. The third-order valence-corrected chi connectivity index (χ3v) is 3.27. The summed E-state index contributed by atoms with van der Waals surface area (Å²) in [5.74, 6) is -0.0490. The van der Waals surface area contributed by atoms with Gasteiger partial charge in [0.2, 0.25) is 0 Å². The lowest BCUT2D eigenvalue weighted by Gasteiger charge is -2.13. The van der Waals surface area contributed by atoms with Crippen molar-refractivity contribution in [2.24, 2.45) is 5.92 Å². The largest absolute Gasteiger partial charge is 0.496 e. The van der Waals surface area contributed by atoms with Crippen molar-refractivity contribution >= 4 is 5.97 Å². The van der Waals surface area contributed by atoms with Gasteiger partial charge in [0.15, 0.2) is 0 Å². The summed E-state index contributed by atoms with van der Waals surface area (Å²) in [7, 11) is 1.46. The van der Waals surface area contributed by atoms with Gasteiger partial charge in [-0.1, -0.05) is 32.8 Å². The van der Waals surface area contributed by atoms with Gasteiger partial charge in [-0.2, -0.15) is 0 Å². The molecule has 0 aliphatic carbocycles. The second-order valence-electron chi connectivity index (χ2n) is 4.54. The Labute approximate surface area is 114 Å². The first kappa shape index (κ1) is 15.5. The number of carbonyl (C=O) groups is 1. The van der Waals surface area contributed by atoms with E-state index in [1.165, 1.54) is 7.11 Å². The fourth-order valence-electron chi connectivity index (χ4n) is 1.88. The van der Waals surface area contributed by atoms with Gasteiger partial charge in [0.05, 0.1) is 13.7 Å². The number of rotatable bonds is 8. The molecule has 0 aliphatic rings. The quantitative estimate of drug-likeness (QED) is 0.784. The lowest BCUT2D eigenvalue weighted by Crippen LogP contribution is -2.08. The molecule has 0 heterocycles. The first-order valence-electron chi connectivity index (χ1n) is 6.60. The summed E-state index contributed by atoms with van der Waals surface area (Å²) in [6.07, 6.45) is 2.19. The lowest BCUT2D eigenvalue weighted by molar-refractivity contribution is 0.0691. The third kappa shape index (κ3) is 4.56. The van der Waals surface area contributed by atoms with Gasteiger partial charge in [0, 0.05) is 6.61 Å². The van der Waals surface area contributed by atoms with Crippen LogP contribution in [-0.4, -0.2) is 24.8 Å². The normalized spacial score (nSPS) is 10.7. The van der Waals surface area contributed by atoms with Crippen LogP contribution < -0.4 is 4.74 Å². The Hall–Kier alpha value is -1.55. The molecule has 0 bridgehead atoms. The van der Waals surface area contributed by atoms with Crippen LogP contribution in [0.2, 0.25) is 0 Å². The van der Waals surface area contributed by atoms with Crippen LogP contribution in [0, 0.1) is 5.92 Å². The van der Waals surface area contributed by atoms with Crippen molar-refractivity contribution in [3.05, 3.63) is 29.3 Å². The Balaban J connectivity index is 2.64. The molecule has 4 nitrogen and oxygen atoms in total. The fraction of sp³-hybridized carbons (Fsp3) is 0.533. The van der Waals surface area contributed by atoms with Gasteiger partial charge in [-0.3, -0.25) is 0 Å². The number of carboxylic acids is 1. The molecule has 0 fully saturated rings. The van der Waals surface area contributed by atoms with E-state index in [-0.39, 0.29) is 5.56 Å². The van der Waals surface area contributed by atoms with Crippen LogP contribution in [-0.2, 0) is 11.3 Å². The molecule has 0 amide bonds. The maximum atomic E-state index is 11.1. The smallest absolute Gasteiger partial charge is 0.339 e. The Bertz CT molecular complexity index is 411. The summed E-state index contributed by atoms with van der Waals surface area (Å²) in [5, 5.41) is 9.09. The van der Waals surface area contributed by atoms with Crippen LogP contribution in [0.25, 0.3) is 0 Å². The Morgan fingerprint density at radius 3 is 2.53 bits per heavy atom. The summed E-state index contributed by atoms with van der Waals surface area (Å²) in [5.41, 5.74) is 1.02. The SMILES string of the molecule is CCC(CC)COCc1ccc(OC)c(C(=O)O)c1. The summed E-state index contributed by atoms with van der Waals surface area (Å²) in [6.45, 7) is 5.43. The van der Waals surface area contributed by atoms with Gasteiger partial charge in [-0.05, 0) is 23.6 Å². The molecule has 4 heteroatoms. The molecule has 1 rings (SSSR count). The minimum Gasteiger partial charge on any atom is -0.496 e. The second-order valence-corrected chi connectivity index (χ2v) is 4.54. The molecular formula is C15H22O4. The highest BCUT2D eigenvalue weighted by Crippen LogP contribution is 2.20. The van der Waals surface area contributed by atoms with Crippen LogP contribution in [0.5, 0.6) is 5.75 Å². The van der Waals surface area contributed by atoms with Crippen LogP contribution in [0.15, 0.2) is 18.2 Å². The standard InChI is InChI=1S/C15H22O4/c1-4-11(5-2)9-19-10-12-6-7-14(18-3)13(8-12)15(16)17/h6-8,11H,4-5,9-10H2,1-3H3,(H,16,17). The maximum absolute atomic E-state index is 11.1. The zero-order valence-corrected chi connectivity index (χ0v) is 11.8. The number of aromatic carboxylic acids is 1. The van der Waals surface area contributed by atoms with Gasteiger partial charge >= 0.3 is 5.97 Å². The van der Waals surface area contributed by atoms with Gasteiger partial charge in [-0.25, -0.2) is 4.79 Å². The van der Waals surface area contributed by atoms with Crippen molar-refractivity contribution in [2.45, 2.75) is 33.3 Å². The summed E-state index contributed by atoms with van der Waals surface area (Å²) in [6, 6.07) is 5.10. The molecule has 0 saturated carbocycles. The number of methoxy groups -OCH3 is 1. The van der Waals surface area contributed by atoms with E-state index in [9.17, 15) is 4.79 Å². The predicted octanol–water partition coefficient (Wildman–Crippen LogP) is 3.35. The molecule has 1 N–H and O–H groups in total. The maximum Gasteiger partial charge on any atom is 0.339 e.